The molecule has 2 heterocycles. The first kappa shape index (κ1) is 13.5. The van der Waals surface area contributed by atoms with Gasteiger partial charge in [0, 0.05) is 24.7 Å². The highest BCUT2D eigenvalue weighted by atomic mass is 19.1. The van der Waals surface area contributed by atoms with Gasteiger partial charge in [-0.25, -0.2) is 4.39 Å². The highest BCUT2D eigenvalue weighted by molar-refractivity contribution is 5.32. The van der Waals surface area contributed by atoms with Crippen molar-refractivity contribution < 1.29 is 4.39 Å². The van der Waals surface area contributed by atoms with Gasteiger partial charge >= 0.3 is 0 Å². The van der Waals surface area contributed by atoms with E-state index in [1.807, 2.05) is 6.07 Å². The standard InChI is InChI=1S/C16H20FN3/c17-16-9-13(10-18)4-5-14(16)11-19-6-2-8-20-7-1-3-15(20)12-19/h4-5,9,15H,1-3,6-8,11-12H2. The number of nitriles is 1. The van der Waals surface area contributed by atoms with Crippen LogP contribution in [0.25, 0.3) is 0 Å². The van der Waals surface area contributed by atoms with E-state index in [4.69, 9.17) is 5.26 Å². The lowest BCUT2D eigenvalue weighted by Gasteiger charge is -2.25. The quantitative estimate of drug-likeness (QED) is 0.828. The van der Waals surface area contributed by atoms with Crippen LogP contribution in [-0.4, -0.2) is 42.0 Å². The topological polar surface area (TPSA) is 30.3 Å². The Bertz CT molecular complexity index is 523. The van der Waals surface area contributed by atoms with Crippen LogP contribution < -0.4 is 0 Å². The Morgan fingerprint density at radius 1 is 1.25 bits per heavy atom. The summed E-state index contributed by atoms with van der Waals surface area (Å²) < 4.78 is 14.0. The molecule has 0 saturated carbocycles. The van der Waals surface area contributed by atoms with Crippen LogP contribution in [0.15, 0.2) is 18.2 Å². The van der Waals surface area contributed by atoms with Gasteiger partial charge in [-0.1, -0.05) is 6.07 Å². The minimum absolute atomic E-state index is 0.253. The van der Waals surface area contributed by atoms with Crippen molar-refractivity contribution in [2.75, 3.05) is 26.2 Å². The Morgan fingerprint density at radius 2 is 2.10 bits per heavy atom. The van der Waals surface area contributed by atoms with Gasteiger partial charge in [0.15, 0.2) is 0 Å². The van der Waals surface area contributed by atoms with E-state index in [2.05, 4.69) is 9.80 Å². The summed E-state index contributed by atoms with van der Waals surface area (Å²) in [6, 6.07) is 7.43. The Kier molecular flexibility index (Phi) is 4.00. The van der Waals surface area contributed by atoms with E-state index in [1.165, 1.54) is 32.0 Å². The number of benzene rings is 1. The molecule has 2 fully saturated rings. The van der Waals surface area contributed by atoms with Crippen molar-refractivity contribution in [3.05, 3.63) is 35.1 Å². The summed E-state index contributed by atoms with van der Waals surface area (Å²) in [6.07, 6.45) is 3.73. The molecule has 20 heavy (non-hydrogen) atoms. The lowest BCUT2D eigenvalue weighted by molar-refractivity contribution is 0.214. The van der Waals surface area contributed by atoms with Gasteiger partial charge in [0.25, 0.3) is 0 Å². The van der Waals surface area contributed by atoms with Crippen molar-refractivity contribution in [2.45, 2.75) is 31.8 Å². The predicted molar refractivity (Wildman–Crippen MR) is 75.6 cm³/mol. The van der Waals surface area contributed by atoms with Crippen LogP contribution >= 0.6 is 0 Å². The number of hydrogen-bond acceptors (Lipinski definition) is 3. The highest BCUT2D eigenvalue weighted by Crippen LogP contribution is 2.23. The Hall–Kier alpha value is -1.44. The Labute approximate surface area is 119 Å². The highest BCUT2D eigenvalue weighted by Gasteiger charge is 2.28. The molecule has 1 aromatic carbocycles. The number of hydrogen-bond donors (Lipinski definition) is 0. The van der Waals surface area contributed by atoms with Gasteiger partial charge in [0.2, 0.25) is 0 Å². The zero-order valence-electron chi connectivity index (χ0n) is 11.7. The monoisotopic (exact) mass is 273 g/mol. The first-order valence-corrected chi connectivity index (χ1v) is 7.41. The van der Waals surface area contributed by atoms with E-state index in [0.29, 0.717) is 23.7 Å². The molecule has 0 amide bonds. The van der Waals surface area contributed by atoms with Gasteiger partial charge in [0.05, 0.1) is 11.6 Å². The average Bonchev–Trinajstić information content (AvgIpc) is 2.80. The average molecular weight is 273 g/mol. The van der Waals surface area contributed by atoms with Gasteiger partial charge < -0.3 is 0 Å². The molecule has 2 aliphatic rings. The lowest BCUT2D eigenvalue weighted by Crippen LogP contribution is -2.36. The van der Waals surface area contributed by atoms with Crippen LogP contribution in [0.3, 0.4) is 0 Å². The van der Waals surface area contributed by atoms with Crippen molar-refractivity contribution in [2.24, 2.45) is 0 Å². The molecule has 0 radical (unpaired) electrons. The fraction of sp³-hybridized carbons (Fsp3) is 0.562. The number of rotatable bonds is 2. The maximum absolute atomic E-state index is 14.0. The molecule has 2 aliphatic heterocycles. The number of fused-ring (bicyclic) bond motifs is 1. The van der Waals surface area contributed by atoms with E-state index >= 15 is 0 Å². The van der Waals surface area contributed by atoms with Gasteiger partial charge in [-0.05, 0) is 51.0 Å². The molecule has 2 saturated heterocycles. The molecule has 3 nitrogen and oxygen atoms in total. The number of nitrogens with zero attached hydrogens (tertiary/aromatic N) is 3. The largest absolute Gasteiger partial charge is 0.299 e. The van der Waals surface area contributed by atoms with Gasteiger partial charge in [0.1, 0.15) is 5.82 Å². The molecule has 106 valence electrons. The summed E-state index contributed by atoms with van der Waals surface area (Å²) in [6.45, 7) is 5.13. The fourth-order valence-electron chi connectivity index (χ4n) is 3.41. The Morgan fingerprint density at radius 3 is 2.90 bits per heavy atom. The predicted octanol–water partition coefficient (Wildman–Crippen LogP) is 2.37. The molecular formula is C16H20FN3. The Balaban J connectivity index is 1.69. The maximum Gasteiger partial charge on any atom is 0.129 e. The summed E-state index contributed by atoms with van der Waals surface area (Å²) in [5.74, 6) is -0.253. The third-order valence-corrected chi connectivity index (χ3v) is 4.46. The third-order valence-electron chi connectivity index (χ3n) is 4.46. The second-order valence-corrected chi connectivity index (χ2v) is 5.84. The second-order valence-electron chi connectivity index (χ2n) is 5.84. The minimum atomic E-state index is -0.253. The van der Waals surface area contributed by atoms with Crippen molar-refractivity contribution in [1.29, 1.82) is 5.26 Å². The molecule has 0 aliphatic carbocycles. The molecule has 1 aromatic rings. The van der Waals surface area contributed by atoms with E-state index in [0.717, 1.165) is 19.5 Å². The van der Waals surface area contributed by atoms with E-state index in [-0.39, 0.29) is 5.82 Å². The lowest BCUT2D eigenvalue weighted by atomic mass is 10.1. The van der Waals surface area contributed by atoms with Gasteiger partial charge in [-0.3, -0.25) is 9.80 Å². The van der Waals surface area contributed by atoms with Crippen molar-refractivity contribution in [3.63, 3.8) is 0 Å². The summed E-state index contributed by atoms with van der Waals surface area (Å²) in [5.41, 5.74) is 1.10. The smallest absolute Gasteiger partial charge is 0.129 e. The molecule has 1 unspecified atom stereocenters. The summed E-state index contributed by atoms with van der Waals surface area (Å²) in [7, 11) is 0. The third kappa shape index (κ3) is 2.84. The van der Waals surface area contributed by atoms with Crippen molar-refractivity contribution in [3.8, 4) is 6.07 Å². The number of halogens is 1. The molecule has 1 atom stereocenters. The minimum Gasteiger partial charge on any atom is -0.299 e. The molecule has 0 N–H and O–H groups in total. The molecule has 0 spiro atoms. The van der Waals surface area contributed by atoms with Crippen LogP contribution in [0, 0.1) is 17.1 Å². The second kappa shape index (κ2) is 5.90. The normalized spacial score (nSPS) is 24.1. The zero-order chi connectivity index (χ0) is 13.9. The van der Waals surface area contributed by atoms with Crippen LogP contribution in [0.4, 0.5) is 4.39 Å². The van der Waals surface area contributed by atoms with E-state index < -0.39 is 0 Å². The maximum atomic E-state index is 14.0. The van der Waals surface area contributed by atoms with Gasteiger partial charge in [-0.2, -0.15) is 5.26 Å². The molecular weight excluding hydrogens is 253 g/mol. The molecule has 0 bridgehead atoms. The molecule has 4 heteroatoms. The molecule has 3 rings (SSSR count). The van der Waals surface area contributed by atoms with Crippen LogP contribution in [-0.2, 0) is 6.54 Å². The summed E-state index contributed by atoms with van der Waals surface area (Å²) in [4.78, 5) is 4.94. The molecule has 0 aromatic heterocycles. The van der Waals surface area contributed by atoms with Crippen LogP contribution in [0.5, 0.6) is 0 Å². The van der Waals surface area contributed by atoms with Gasteiger partial charge in [-0.15, -0.1) is 0 Å². The summed E-state index contributed by atoms with van der Waals surface area (Å²) >= 11 is 0. The van der Waals surface area contributed by atoms with Crippen molar-refractivity contribution in [1.82, 2.24) is 9.80 Å². The van der Waals surface area contributed by atoms with Crippen LogP contribution in [0.1, 0.15) is 30.4 Å². The van der Waals surface area contributed by atoms with Crippen molar-refractivity contribution >= 4 is 0 Å². The SMILES string of the molecule is N#Cc1ccc(CN2CCCN3CCCC3C2)c(F)c1. The summed E-state index contributed by atoms with van der Waals surface area (Å²) in [5, 5.41) is 8.78. The van der Waals surface area contributed by atoms with E-state index in [9.17, 15) is 4.39 Å². The van der Waals surface area contributed by atoms with Crippen LogP contribution in [0.2, 0.25) is 0 Å². The first-order valence-electron chi connectivity index (χ1n) is 7.41. The van der Waals surface area contributed by atoms with E-state index in [1.54, 1.807) is 12.1 Å². The zero-order valence-corrected chi connectivity index (χ0v) is 11.7. The first-order chi connectivity index (χ1) is 9.76. The fourth-order valence-corrected chi connectivity index (χ4v) is 3.41.